The highest BCUT2D eigenvalue weighted by Gasteiger charge is 2.31. The second-order valence-electron chi connectivity index (χ2n) is 7.61. The molecule has 1 aliphatic rings. The molecule has 0 saturated carbocycles. The summed E-state index contributed by atoms with van der Waals surface area (Å²) in [5, 5.41) is 10.1. The Labute approximate surface area is 202 Å². The Morgan fingerprint density at radius 2 is 1.74 bits per heavy atom. The Morgan fingerprint density at radius 1 is 1.11 bits per heavy atom. The second-order valence-corrected chi connectivity index (χ2v) is 9.62. The van der Waals surface area contributed by atoms with Gasteiger partial charge in [-0.2, -0.15) is 9.30 Å². The van der Waals surface area contributed by atoms with Gasteiger partial charge in [-0.05, 0) is 36.4 Å². The maximum absolute atomic E-state index is 13.1. The van der Waals surface area contributed by atoms with Gasteiger partial charge in [-0.3, -0.25) is 14.8 Å². The van der Waals surface area contributed by atoms with E-state index in [1.807, 2.05) is 4.90 Å². The predicted molar refractivity (Wildman–Crippen MR) is 128 cm³/mol. The molecule has 1 fully saturated rings. The number of anilines is 1. The van der Waals surface area contributed by atoms with Crippen molar-refractivity contribution < 1.29 is 27.6 Å². The monoisotopic (exact) mass is 501 g/mol. The summed E-state index contributed by atoms with van der Waals surface area (Å²) in [5.74, 6) is 4.44. The average Bonchev–Trinajstić information content (AvgIpc) is 2.87. The summed E-state index contributed by atoms with van der Waals surface area (Å²) in [6.07, 6.45) is 0.424. The normalized spacial score (nSPS) is 15.6. The zero-order valence-corrected chi connectivity index (χ0v) is 19.4. The molecule has 184 valence electrons. The van der Waals surface area contributed by atoms with Crippen molar-refractivity contribution in [1.29, 1.82) is 0 Å². The van der Waals surface area contributed by atoms with E-state index in [0.717, 1.165) is 5.69 Å². The number of nitrogens with zero attached hydrogens (tertiary/aromatic N) is 4. The molecular weight excluding hydrogens is 477 g/mol. The third-order valence-corrected chi connectivity index (χ3v) is 7.26. The number of halogens is 1. The highest BCUT2D eigenvalue weighted by atomic mass is 32.2. The number of sulfonamides is 1. The molecular formula is C23H24FN5O5S. The zero-order valence-electron chi connectivity index (χ0n) is 18.6. The highest BCUT2D eigenvalue weighted by molar-refractivity contribution is 7.89. The Balaban J connectivity index is 1.68. The summed E-state index contributed by atoms with van der Waals surface area (Å²) in [6.45, 7) is 1.19. The molecule has 0 aromatic heterocycles. The fourth-order valence-corrected chi connectivity index (χ4v) is 5.03. The number of nitrogens with two attached hydrogens (primary N) is 1. The summed E-state index contributed by atoms with van der Waals surface area (Å²) in [4.78, 5) is 27.0. The van der Waals surface area contributed by atoms with Crippen molar-refractivity contribution >= 4 is 34.4 Å². The lowest BCUT2D eigenvalue weighted by molar-refractivity contribution is -0.153. The first-order chi connectivity index (χ1) is 16.7. The van der Waals surface area contributed by atoms with Gasteiger partial charge >= 0.3 is 0 Å². The molecule has 12 heteroatoms. The number of carbonyl (C=O) groups is 2. The van der Waals surface area contributed by atoms with Crippen LogP contribution < -0.4 is 10.6 Å². The molecule has 10 nitrogen and oxygen atoms in total. The maximum Gasteiger partial charge on any atom is 0.234 e. The van der Waals surface area contributed by atoms with Crippen molar-refractivity contribution in [2.24, 2.45) is 10.7 Å². The average molecular weight is 502 g/mol. The lowest BCUT2D eigenvalue weighted by atomic mass is 10.1. The number of amidine groups is 1. The third-order valence-electron chi connectivity index (χ3n) is 5.38. The van der Waals surface area contributed by atoms with E-state index in [-0.39, 0.29) is 36.2 Å². The minimum atomic E-state index is -3.86. The number of hydrogen-bond donors (Lipinski definition) is 2. The van der Waals surface area contributed by atoms with Crippen molar-refractivity contribution in [2.45, 2.75) is 6.04 Å². The lowest BCUT2D eigenvalue weighted by Crippen LogP contribution is -2.51. The van der Waals surface area contributed by atoms with Crippen LogP contribution in [-0.4, -0.2) is 79.6 Å². The fraction of sp³-hybridized carbons (Fsp3) is 0.261. The van der Waals surface area contributed by atoms with Crippen LogP contribution in [0, 0.1) is 17.7 Å². The molecule has 1 heterocycles. The molecule has 0 bridgehead atoms. The number of aliphatic imine (C=N–C) groups is 1. The Kier molecular flexibility index (Phi) is 8.53. The topological polar surface area (TPSA) is 137 Å². The standard InChI is InChI=1S/C23H24FN5O5S/c24-20-6-9-21(10-7-20)27-11-13-28(14-12-27)35(33,34)15-22(29(32)17-31)8-3-18-1-4-19(5-2-18)23(25)26-16-30/h1-2,4-7,9-10,16-17,22,32H,11-15H2,(H2,25,26,30). The molecule has 1 atom stereocenters. The summed E-state index contributed by atoms with van der Waals surface area (Å²) in [6, 6.07) is 11.0. The predicted octanol–water partition coefficient (Wildman–Crippen LogP) is 0.407. The van der Waals surface area contributed by atoms with E-state index in [0.29, 0.717) is 30.6 Å². The van der Waals surface area contributed by atoms with Crippen molar-refractivity contribution in [2.75, 3.05) is 36.8 Å². The van der Waals surface area contributed by atoms with Gasteiger partial charge in [0.1, 0.15) is 17.7 Å². The Morgan fingerprint density at radius 3 is 2.31 bits per heavy atom. The van der Waals surface area contributed by atoms with Crippen LogP contribution in [0.2, 0.25) is 0 Å². The van der Waals surface area contributed by atoms with Gasteiger partial charge in [-0.25, -0.2) is 17.9 Å². The molecule has 1 saturated heterocycles. The van der Waals surface area contributed by atoms with Gasteiger partial charge in [0.05, 0.1) is 5.75 Å². The number of hydrogen-bond acceptors (Lipinski definition) is 6. The maximum atomic E-state index is 13.1. The van der Waals surface area contributed by atoms with E-state index < -0.39 is 21.8 Å². The van der Waals surface area contributed by atoms with Crippen LogP contribution in [0.4, 0.5) is 10.1 Å². The molecule has 3 N–H and O–H groups in total. The van der Waals surface area contributed by atoms with E-state index in [1.54, 1.807) is 36.4 Å². The van der Waals surface area contributed by atoms with Crippen LogP contribution >= 0.6 is 0 Å². The first-order valence-electron chi connectivity index (χ1n) is 10.5. The van der Waals surface area contributed by atoms with Crippen LogP contribution in [0.25, 0.3) is 0 Å². The van der Waals surface area contributed by atoms with E-state index in [9.17, 15) is 27.6 Å². The molecule has 2 amide bonds. The number of carbonyl (C=O) groups excluding carboxylic acids is 2. The summed E-state index contributed by atoms with van der Waals surface area (Å²) in [5.41, 5.74) is 7.40. The van der Waals surface area contributed by atoms with Crippen molar-refractivity contribution in [3.63, 3.8) is 0 Å². The van der Waals surface area contributed by atoms with Crippen LogP contribution in [0.15, 0.2) is 53.5 Å². The van der Waals surface area contributed by atoms with Gasteiger partial charge in [0.15, 0.2) is 0 Å². The summed E-state index contributed by atoms with van der Waals surface area (Å²) in [7, 11) is -3.86. The van der Waals surface area contributed by atoms with E-state index in [1.165, 1.54) is 16.4 Å². The molecule has 0 radical (unpaired) electrons. The Hall–Kier alpha value is -3.79. The molecule has 1 unspecified atom stereocenters. The van der Waals surface area contributed by atoms with Gasteiger partial charge in [-0.15, -0.1) is 0 Å². The SMILES string of the molecule is NC(=NC=O)c1ccc(C#CC(CS(=O)(=O)N2CCN(c3ccc(F)cc3)CC2)N(O)C=O)cc1. The number of amides is 2. The van der Waals surface area contributed by atoms with Crippen molar-refractivity contribution in [1.82, 2.24) is 9.37 Å². The molecule has 0 aliphatic carbocycles. The van der Waals surface area contributed by atoms with E-state index in [4.69, 9.17) is 5.73 Å². The molecule has 1 aliphatic heterocycles. The zero-order chi connectivity index (χ0) is 25.4. The summed E-state index contributed by atoms with van der Waals surface area (Å²) >= 11 is 0. The van der Waals surface area contributed by atoms with Crippen LogP contribution in [0.5, 0.6) is 0 Å². The second kappa shape index (κ2) is 11.6. The number of benzene rings is 2. The quantitative estimate of drug-likeness (QED) is 0.133. The highest BCUT2D eigenvalue weighted by Crippen LogP contribution is 2.19. The van der Waals surface area contributed by atoms with Gasteiger partial charge < -0.3 is 10.6 Å². The van der Waals surface area contributed by atoms with Crippen LogP contribution in [0.3, 0.4) is 0 Å². The third kappa shape index (κ3) is 6.86. The number of hydroxylamine groups is 2. The van der Waals surface area contributed by atoms with Crippen LogP contribution in [-0.2, 0) is 19.6 Å². The minimum Gasteiger partial charge on any atom is -0.383 e. The van der Waals surface area contributed by atoms with Gasteiger partial charge in [0.25, 0.3) is 0 Å². The first-order valence-corrected chi connectivity index (χ1v) is 12.1. The van der Waals surface area contributed by atoms with Gasteiger partial charge in [-0.1, -0.05) is 24.0 Å². The summed E-state index contributed by atoms with van der Waals surface area (Å²) < 4.78 is 40.4. The van der Waals surface area contributed by atoms with Gasteiger partial charge in [0, 0.05) is 43.0 Å². The lowest BCUT2D eigenvalue weighted by Gasteiger charge is -2.36. The van der Waals surface area contributed by atoms with Crippen molar-refractivity contribution in [3.05, 3.63) is 65.5 Å². The number of rotatable bonds is 8. The molecule has 2 aromatic rings. The molecule has 3 rings (SSSR count). The molecule has 2 aromatic carbocycles. The largest absolute Gasteiger partial charge is 0.383 e. The van der Waals surface area contributed by atoms with E-state index >= 15 is 0 Å². The van der Waals surface area contributed by atoms with Gasteiger partial charge in [0.2, 0.25) is 22.8 Å². The molecule has 35 heavy (non-hydrogen) atoms. The molecule has 0 spiro atoms. The number of piperazine rings is 1. The van der Waals surface area contributed by atoms with Crippen LogP contribution in [0.1, 0.15) is 11.1 Å². The van der Waals surface area contributed by atoms with Crippen molar-refractivity contribution in [3.8, 4) is 11.8 Å². The minimum absolute atomic E-state index is 0.0329. The fourth-order valence-electron chi connectivity index (χ4n) is 3.46. The van der Waals surface area contributed by atoms with E-state index in [2.05, 4.69) is 16.8 Å². The smallest absolute Gasteiger partial charge is 0.234 e. The Bertz CT molecular complexity index is 1230. The first kappa shape index (κ1) is 25.8.